The zero-order chi connectivity index (χ0) is 6.69. The highest BCUT2D eigenvalue weighted by molar-refractivity contribution is 4.73. The minimum atomic E-state index is 0.302. The Bertz CT molecular complexity index is 73.0. The lowest BCUT2D eigenvalue weighted by atomic mass is 10.1. The molecule has 1 saturated carbocycles. The summed E-state index contributed by atoms with van der Waals surface area (Å²) in [6.07, 6.45) is 3.22. The van der Waals surface area contributed by atoms with Crippen molar-refractivity contribution >= 4 is 0 Å². The summed E-state index contributed by atoms with van der Waals surface area (Å²) < 4.78 is 0. The van der Waals surface area contributed by atoms with E-state index < -0.39 is 0 Å². The maximum atomic E-state index is 8.70. The predicted octanol–water partition coefficient (Wildman–Crippen LogP) is 0.387. The molecule has 0 spiro atoms. The summed E-state index contributed by atoms with van der Waals surface area (Å²) in [7, 11) is 0. The summed E-state index contributed by atoms with van der Waals surface area (Å²) in [5.74, 6) is 0.948. The van der Waals surface area contributed by atoms with Crippen LogP contribution >= 0.6 is 0 Å². The Morgan fingerprint density at radius 2 is 1.44 bits per heavy atom. The van der Waals surface area contributed by atoms with Crippen LogP contribution in [-0.2, 0) is 0 Å². The van der Waals surface area contributed by atoms with Crippen molar-refractivity contribution in [1.82, 2.24) is 0 Å². The molecule has 0 saturated heterocycles. The number of aliphatic hydroxyl groups is 2. The second-order valence-corrected chi connectivity index (χ2v) is 2.91. The maximum Gasteiger partial charge on any atom is 0.0459 e. The first-order chi connectivity index (χ1) is 4.36. The number of hydrogen-bond acceptors (Lipinski definition) is 2. The molecule has 0 aromatic rings. The summed E-state index contributed by atoms with van der Waals surface area (Å²) in [6, 6.07) is 0. The van der Waals surface area contributed by atoms with Gasteiger partial charge in [-0.05, 0) is 31.1 Å². The molecule has 1 fully saturated rings. The van der Waals surface area contributed by atoms with Crippen molar-refractivity contribution in [3.63, 3.8) is 0 Å². The molecule has 2 heteroatoms. The normalized spacial score (nSPS) is 35.3. The van der Waals surface area contributed by atoms with Gasteiger partial charge in [0.25, 0.3) is 0 Å². The molecule has 1 rings (SSSR count). The second kappa shape index (κ2) is 3.18. The lowest BCUT2D eigenvalue weighted by molar-refractivity contribution is 0.202. The highest BCUT2D eigenvalue weighted by Crippen LogP contribution is 2.29. The van der Waals surface area contributed by atoms with Gasteiger partial charge in [0.15, 0.2) is 0 Å². The predicted molar refractivity (Wildman–Crippen MR) is 35.0 cm³/mol. The molecule has 0 aromatic heterocycles. The maximum absolute atomic E-state index is 8.70. The Morgan fingerprint density at radius 1 is 1.00 bits per heavy atom. The molecule has 2 nitrogen and oxygen atoms in total. The van der Waals surface area contributed by atoms with E-state index >= 15 is 0 Å². The van der Waals surface area contributed by atoms with Gasteiger partial charge in [0.05, 0.1) is 0 Å². The molecular formula is C7H14O2. The molecule has 2 N–H and O–H groups in total. The van der Waals surface area contributed by atoms with Crippen LogP contribution in [0.2, 0.25) is 0 Å². The van der Waals surface area contributed by atoms with E-state index in [4.69, 9.17) is 10.2 Å². The third kappa shape index (κ3) is 1.66. The van der Waals surface area contributed by atoms with Crippen LogP contribution in [0.5, 0.6) is 0 Å². The molecule has 0 aliphatic heterocycles. The van der Waals surface area contributed by atoms with Gasteiger partial charge >= 0.3 is 0 Å². The lowest BCUT2D eigenvalue weighted by Gasteiger charge is -2.03. The highest BCUT2D eigenvalue weighted by Gasteiger charge is 2.22. The van der Waals surface area contributed by atoms with Crippen LogP contribution in [0.1, 0.15) is 19.3 Å². The van der Waals surface area contributed by atoms with Gasteiger partial charge in [-0.2, -0.15) is 0 Å². The Morgan fingerprint density at radius 3 is 1.67 bits per heavy atom. The molecular weight excluding hydrogens is 116 g/mol. The molecule has 1 aliphatic carbocycles. The quantitative estimate of drug-likeness (QED) is 0.567. The van der Waals surface area contributed by atoms with Crippen LogP contribution in [0.15, 0.2) is 0 Å². The summed E-state index contributed by atoms with van der Waals surface area (Å²) in [5, 5.41) is 17.4. The fourth-order valence-corrected chi connectivity index (χ4v) is 1.51. The standard InChI is InChI=1S/C7H14O2/c8-4-6-1-2-7(3-6)5-9/h6-9H,1-5H2/t6-,7+. The Labute approximate surface area is 55.5 Å². The van der Waals surface area contributed by atoms with E-state index in [-0.39, 0.29) is 0 Å². The lowest BCUT2D eigenvalue weighted by Crippen LogP contribution is -2.03. The molecule has 0 amide bonds. The van der Waals surface area contributed by atoms with Gasteiger partial charge in [0, 0.05) is 13.2 Å². The topological polar surface area (TPSA) is 40.5 Å². The minimum Gasteiger partial charge on any atom is -0.396 e. The molecule has 2 atom stereocenters. The summed E-state index contributed by atoms with van der Waals surface area (Å²) in [5.41, 5.74) is 0. The van der Waals surface area contributed by atoms with Crippen molar-refractivity contribution in [3.8, 4) is 0 Å². The van der Waals surface area contributed by atoms with E-state index in [1.54, 1.807) is 0 Å². The van der Waals surface area contributed by atoms with Gasteiger partial charge in [-0.15, -0.1) is 0 Å². The fraction of sp³-hybridized carbons (Fsp3) is 1.00. The molecule has 9 heavy (non-hydrogen) atoms. The van der Waals surface area contributed by atoms with Crippen molar-refractivity contribution in [3.05, 3.63) is 0 Å². The second-order valence-electron chi connectivity index (χ2n) is 2.91. The van der Waals surface area contributed by atoms with Crippen molar-refractivity contribution in [2.75, 3.05) is 13.2 Å². The van der Waals surface area contributed by atoms with E-state index in [1.807, 2.05) is 0 Å². The van der Waals surface area contributed by atoms with Gasteiger partial charge in [-0.3, -0.25) is 0 Å². The van der Waals surface area contributed by atoms with Crippen LogP contribution in [0.3, 0.4) is 0 Å². The third-order valence-corrected chi connectivity index (χ3v) is 2.17. The first kappa shape index (κ1) is 7.03. The van der Waals surface area contributed by atoms with Crippen LogP contribution in [0, 0.1) is 11.8 Å². The van der Waals surface area contributed by atoms with Gasteiger partial charge in [0.1, 0.15) is 0 Å². The molecule has 0 radical (unpaired) electrons. The summed E-state index contributed by atoms with van der Waals surface area (Å²) >= 11 is 0. The van der Waals surface area contributed by atoms with Crippen molar-refractivity contribution in [2.24, 2.45) is 11.8 Å². The van der Waals surface area contributed by atoms with Gasteiger partial charge < -0.3 is 10.2 Å². The molecule has 1 aliphatic rings. The van der Waals surface area contributed by atoms with E-state index in [0.29, 0.717) is 25.0 Å². The van der Waals surface area contributed by atoms with Crippen molar-refractivity contribution < 1.29 is 10.2 Å². The fourth-order valence-electron chi connectivity index (χ4n) is 1.51. The van der Waals surface area contributed by atoms with E-state index in [9.17, 15) is 0 Å². The first-order valence-corrected chi connectivity index (χ1v) is 3.58. The molecule has 0 aromatic carbocycles. The number of rotatable bonds is 2. The molecule has 0 bridgehead atoms. The van der Waals surface area contributed by atoms with Gasteiger partial charge in [-0.25, -0.2) is 0 Å². The smallest absolute Gasteiger partial charge is 0.0459 e. The van der Waals surface area contributed by atoms with Crippen LogP contribution in [0.25, 0.3) is 0 Å². The van der Waals surface area contributed by atoms with Crippen LogP contribution < -0.4 is 0 Å². The van der Waals surface area contributed by atoms with Gasteiger partial charge in [0.2, 0.25) is 0 Å². The van der Waals surface area contributed by atoms with Crippen molar-refractivity contribution in [2.45, 2.75) is 19.3 Å². The van der Waals surface area contributed by atoms with E-state index in [2.05, 4.69) is 0 Å². The van der Waals surface area contributed by atoms with Crippen LogP contribution in [0.4, 0.5) is 0 Å². The molecule has 0 unspecified atom stereocenters. The minimum absolute atomic E-state index is 0.302. The average molecular weight is 130 g/mol. The van der Waals surface area contributed by atoms with E-state index in [0.717, 1.165) is 19.3 Å². The highest BCUT2D eigenvalue weighted by atomic mass is 16.3. The summed E-state index contributed by atoms with van der Waals surface area (Å²) in [6.45, 7) is 0.604. The molecule has 54 valence electrons. The third-order valence-electron chi connectivity index (χ3n) is 2.17. The van der Waals surface area contributed by atoms with Gasteiger partial charge in [-0.1, -0.05) is 0 Å². The monoisotopic (exact) mass is 130 g/mol. The average Bonchev–Trinajstić information content (AvgIpc) is 2.34. The number of aliphatic hydroxyl groups excluding tert-OH is 2. The zero-order valence-corrected chi connectivity index (χ0v) is 5.58. The van der Waals surface area contributed by atoms with E-state index in [1.165, 1.54) is 0 Å². The Hall–Kier alpha value is -0.0800. The summed E-state index contributed by atoms with van der Waals surface area (Å²) in [4.78, 5) is 0. The molecule has 0 heterocycles. The SMILES string of the molecule is OC[C@@H]1CC[C@H](CO)C1. The Kier molecular flexibility index (Phi) is 2.49. The first-order valence-electron chi connectivity index (χ1n) is 3.58. The van der Waals surface area contributed by atoms with Crippen molar-refractivity contribution in [1.29, 1.82) is 0 Å². The number of hydrogen-bond donors (Lipinski definition) is 2. The largest absolute Gasteiger partial charge is 0.396 e. The van der Waals surface area contributed by atoms with Crippen LogP contribution in [-0.4, -0.2) is 23.4 Å². The Balaban J connectivity index is 2.20. The zero-order valence-electron chi connectivity index (χ0n) is 5.58.